The molecule has 1 heterocycles. The summed E-state index contributed by atoms with van der Waals surface area (Å²) in [6.45, 7) is 0. The highest BCUT2D eigenvalue weighted by Crippen LogP contribution is 2.27. The summed E-state index contributed by atoms with van der Waals surface area (Å²) in [6.07, 6.45) is 2.16. The number of fused-ring (bicyclic) bond motifs is 1. The third-order valence-electron chi connectivity index (χ3n) is 2.63. The van der Waals surface area contributed by atoms with Crippen LogP contribution < -0.4 is 10.5 Å². The van der Waals surface area contributed by atoms with Gasteiger partial charge in [-0.05, 0) is 23.8 Å². The largest absolute Gasteiger partial charge is 0.497 e. The molecule has 0 bridgehead atoms. The molecule has 90 valence electrons. The SMILES string of the molecule is COc1ccc2[nH]cc([C@H](N)CC#N)c2c1.Cl. The summed E-state index contributed by atoms with van der Waals surface area (Å²) in [4.78, 5) is 3.13. The van der Waals surface area contributed by atoms with Gasteiger partial charge in [-0.2, -0.15) is 5.26 Å². The van der Waals surface area contributed by atoms with Crippen molar-refractivity contribution in [2.24, 2.45) is 5.73 Å². The summed E-state index contributed by atoms with van der Waals surface area (Å²) >= 11 is 0. The van der Waals surface area contributed by atoms with Crippen molar-refractivity contribution in [3.63, 3.8) is 0 Å². The molecular weight excluding hydrogens is 238 g/mol. The third-order valence-corrected chi connectivity index (χ3v) is 2.63. The van der Waals surface area contributed by atoms with Crippen LogP contribution in [0.3, 0.4) is 0 Å². The molecule has 3 N–H and O–H groups in total. The minimum Gasteiger partial charge on any atom is -0.497 e. The Morgan fingerprint density at radius 3 is 2.94 bits per heavy atom. The summed E-state index contributed by atoms with van der Waals surface area (Å²) in [5.41, 5.74) is 7.88. The van der Waals surface area contributed by atoms with Gasteiger partial charge in [0.1, 0.15) is 5.75 Å². The number of nitrogens with zero attached hydrogens (tertiary/aromatic N) is 1. The first-order valence-electron chi connectivity index (χ1n) is 5.04. The number of H-pyrrole nitrogens is 1. The minimum atomic E-state index is -0.258. The molecule has 1 aromatic carbocycles. The first-order chi connectivity index (χ1) is 7.76. The normalized spacial score (nSPS) is 11.6. The van der Waals surface area contributed by atoms with Gasteiger partial charge < -0.3 is 15.5 Å². The summed E-state index contributed by atoms with van der Waals surface area (Å²) < 4.78 is 5.17. The number of aromatic nitrogens is 1. The molecule has 2 rings (SSSR count). The minimum absolute atomic E-state index is 0. The predicted octanol–water partition coefficient (Wildman–Crippen LogP) is 2.51. The van der Waals surface area contributed by atoms with Crippen LogP contribution in [-0.2, 0) is 0 Å². The van der Waals surface area contributed by atoms with Crippen molar-refractivity contribution < 1.29 is 4.74 Å². The quantitative estimate of drug-likeness (QED) is 0.880. The molecular formula is C12H14ClN3O. The third kappa shape index (κ3) is 2.52. The maximum atomic E-state index is 8.64. The van der Waals surface area contributed by atoms with Crippen molar-refractivity contribution >= 4 is 23.3 Å². The summed E-state index contributed by atoms with van der Waals surface area (Å²) in [5, 5.41) is 9.66. The van der Waals surface area contributed by atoms with E-state index in [1.165, 1.54) is 0 Å². The number of hydrogen-bond acceptors (Lipinski definition) is 3. The molecule has 17 heavy (non-hydrogen) atoms. The number of ether oxygens (including phenoxy) is 1. The second-order valence-electron chi connectivity index (χ2n) is 3.62. The van der Waals surface area contributed by atoms with Crippen molar-refractivity contribution in [1.29, 1.82) is 5.26 Å². The van der Waals surface area contributed by atoms with Crippen molar-refractivity contribution in [1.82, 2.24) is 4.98 Å². The second-order valence-corrected chi connectivity index (χ2v) is 3.62. The van der Waals surface area contributed by atoms with Crippen molar-refractivity contribution in [3.05, 3.63) is 30.0 Å². The first-order valence-corrected chi connectivity index (χ1v) is 5.04. The highest BCUT2D eigenvalue weighted by molar-refractivity contribution is 5.85. The van der Waals surface area contributed by atoms with Crippen molar-refractivity contribution in [3.8, 4) is 11.8 Å². The van der Waals surface area contributed by atoms with Crippen LogP contribution in [0.15, 0.2) is 24.4 Å². The van der Waals surface area contributed by atoms with Gasteiger partial charge in [0.25, 0.3) is 0 Å². The van der Waals surface area contributed by atoms with Gasteiger partial charge in [-0.3, -0.25) is 0 Å². The summed E-state index contributed by atoms with van der Waals surface area (Å²) in [7, 11) is 1.63. The first kappa shape index (κ1) is 13.4. The van der Waals surface area contributed by atoms with E-state index < -0.39 is 0 Å². The molecule has 0 spiro atoms. The molecule has 0 amide bonds. The van der Waals surface area contributed by atoms with E-state index in [1.807, 2.05) is 24.4 Å². The molecule has 0 aliphatic carbocycles. The van der Waals surface area contributed by atoms with Crippen LogP contribution in [0.1, 0.15) is 18.0 Å². The molecule has 1 aromatic heterocycles. The number of rotatable bonds is 3. The van der Waals surface area contributed by atoms with Crippen LogP contribution in [0.25, 0.3) is 10.9 Å². The Morgan fingerprint density at radius 1 is 1.53 bits per heavy atom. The van der Waals surface area contributed by atoms with E-state index >= 15 is 0 Å². The van der Waals surface area contributed by atoms with E-state index in [9.17, 15) is 0 Å². The fourth-order valence-corrected chi connectivity index (χ4v) is 1.76. The Bertz CT molecular complexity index is 544. The molecule has 0 saturated carbocycles. The molecule has 0 fully saturated rings. The zero-order valence-electron chi connectivity index (χ0n) is 9.43. The van der Waals surface area contributed by atoms with Crippen molar-refractivity contribution in [2.75, 3.05) is 7.11 Å². The number of nitriles is 1. The summed E-state index contributed by atoms with van der Waals surface area (Å²) in [5.74, 6) is 0.789. The number of benzene rings is 1. The molecule has 4 nitrogen and oxygen atoms in total. The monoisotopic (exact) mass is 251 g/mol. The van der Waals surface area contributed by atoms with Gasteiger partial charge in [0, 0.05) is 23.1 Å². The Morgan fingerprint density at radius 2 is 2.29 bits per heavy atom. The summed E-state index contributed by atoms with van der Waals surface area (Å²) in [6, 6.07) is 7.58. The Balaban J connectivity index is 0.00000144. The molecule has 1 atom stereocenters. The molecule has 0 radical (unpaired) electrons. The number of nitrogens with two attached hydrogens (primary N) is 1. The fraction of sp³-hybridized carbons (Fsp3) is 0.250. The van der Waals surface area contributed by atoms with Gasteiger partial charge >= 0.3 is 0 Å². The number of hydrogen-bond donors (Lipinski definition) is 2. The Hall–Kier alpha value is -1.70. The van der Waals surface area contributed by atoms with E-state index in [1.54, 1.807) is 7.11 Å². The van der Waals surface area contributed by atoms with Crippen LogP contribution in [0.4, 0.5) is 0 Å². The van der Waals surface area contributed by atoms with Gasteiger partial charge in [0.15, 0.2) is 0 Å². The maximum absolute atomic E-state index is 8.64. The molecule has 0 aliphatic rings. The van der Waals surface area contributed by atoms with E-state index in [-0.39, 0.29) is 18.4 Å². The van der Waals surface area contributed by atoms with Gasteiger partial charge in [0.2, 0.25) is 0 Å². The highest BCUT2D eigenvalue weighted by atomic mass is 35.5. The molecule has 2 aromatic rings. The number of aromatic amines is 1. The predicted molar refractivity (Wildman–Crippen MR) is 69.3 cm³/mol. The lowest BCUT2D eigenvalue weighted by molar-refractivity contribution is 0.415. The Labute approximate surface area is 106 Å². The molecule has 0 unspecified atom stereocenters. The Kier molecular flexibility index (Phi) is 4.38. The van der Waals surface area contributed by atoms with Crippen LogP contribution in [0.2, 0.25) is 0 Å². The highest BCUT2D eigenvalue weighted by Gasteiger charge is 2.11. The van der Waals surface area contributed by atoms with Gasteiger partial charge in [-0.1, -0.05) is 0 Å². The van der Waals surface area contributed by atoms with Gasteiger partial charge in [-0.25, -0.2) is 0 Å². The van der Waals surface area contributed by atoms with Crippen LogP contribution in [0.5, 0.6) is 5.75 Å². The van der Waals surface area contributed by atoms with Gasteiger partial charge in [-0.15, -0.1) is 12.4 Å². The van der Waals surface area contributed by atoms with E-state index in [0.29, 0.717) is 6.42 Å². The zero-order chi connectivity index (χ0) is 11.5. The fourth-order valence-electron chi connectivity index (χ4n) is 1.76. The van der Waals surface area contributed by atoms with Gasteiger partial charge in [0.05, 0.1) is 19.6 Å². The van der Waals surface area contributed by atoms with E-state index in [0.717, 1.165) is 22.2 Å². The molecule has 0 saturated heterocycles. The molecule has 5 heteroatoms. The number of halogens is 1. The average molecular weight is 252 g/mol. The second kappa shape index (κ2) is 5.58. The smallest absolute Gasteiger partial charge is 0.119 e. The lowest BCUT2D eigenvalue weighted by Crippen LogP contribution is -2.08. The van der Waals surface area contributed by atoms with Crippen LogP contribution in [-0.4, -0.2) is 12.1 Å². The van der Waals surface area contributed by atoms with Crippen molar-refractivity contribution in [2.45, 2.75) is 12.5 Å². The topological polar surface area (TPSA) is 74.8 Å². The van der Waals surface area contributed by atoms with Crippen LogP contribution in [0, 0.1) is 11.3 Å². The standard InChI is InChI=1S/C12H13N3O.ClH/c1-16-8-2-3-12-9(6-8)10(7-15-12)11(14)4-5-13;/h2-3,6-7,11,15H,4,14H2,1H3;1H/t11-;/m1./s1. The van der Waals surface area contributed by atoms with E-state index in [4.69, 9.17) is 15.7 Å². The lowest BCUT2D eigenvalue weighted by Gasteiger charge is -2.06. The zero-order valence-corrected chi connectivity index (χ0v) is 10.3. The van der Waals surface area contributed by atoms with Crippen LogP contribution >= 0.6 is 12.4 Å². The lowest BCUT2D eigenvalue weighted by atomic mass is 10.0. The number of methoxy groups -OCH3 is 1. The average Bonchev–Trinajstić information content (AvgIpc) is 2.71. The number of nitrogens with one attached hydrogen (secondary N) is 1. The molecule has 0 aliphatic heterocycles. The van der Waals surface area contributed by atoms with E-state index in [2.05, 4.69) is 11.1 Å². The maximum Gasteiger partial charge on any atom is 0.119 e.